The van der Waals surface area contributed by atoms with Gasteiger partial charge >= 0.3 is 0 Å². The molecule has 5 heteroatoms. The molecular formula is C16H20N4O. The molecule has 4 heterocycles. The maximum atomic E-state index is 12.9. The summed E-state index contributed by atoms with van der Waals surface area (Å²) in [4.78, 5) is 25.0. The number of fused-ring (bicyclic) bond motifs is 2. The molecule has 110 valence electrons. The van der Waals surface area contributed by atoms with Crippen LogP contribution in [-0.4, -0.2) is 57.4 Å². The SMILES string of the molecule is CC1CN2CCCC2CN1C(=O)c1c[nH]c2cccnc12. The number of pyridine rings is 1. The van der Waals surface area contributed by atoms with Crippen LogP contribution in [0, 0.1) is 0 Å². The summed E-state index contributed by atoms with van der Waals surface area (Å²) < 4.78 is 0. The van der Waals surface area contributed by atoms with Crippen molar-refractivity contribution >= 4 is 16.9 Å². The van der Waals surface area contributed by atoms with E-state index in [1.54, 1.807) is 12.4 Å². The van der Waals surface area contributed by atoms with Crippen LogP contribution in [0.15, 0.2) is 24.5 Å². The molecule has 2 fully saturated rings. The molecule has 2 unspecified atom stereocenters. The molecule has 4 rings (SSSR count). The number of piperazine rings is 1. The summed E-state index contributed by atoms with van der Waals surface area (Å²) in [7, 11) is 0. The molecule has 2 saturated heterocycles. The Labute approximate surface area is 123 Å². The molecule has 1 N–H and O–H groups in total. The number of H-pyrrole nitrogens is 1. The van der Waals surface area contributed by atoms with E-state index in [0.29, 0.717) is 11.6 Å². The number of hydrogen-bond donors (Lipinski definition) is 1. The fourth-order valence-corrected chi connectivity index (χ4v) is 3.74. The van der Waals surface area contributed by atoms with Gasteiger partial charge in [-0.25, -0.2) is 0 Å². The Hall–Kier alpha value is -1.88. The van der Waals surface area contributed by atoms with E-state index in [1.807, 2.05) is 17.0 Å². The second-order valence-corrected chi connectivity index (χ2v) is 6.20. The van der Waals surface area contributed by atoms with Gasteiger partial charge in [-0.05, 0) is 38.4 Å². The van der Waals surface area contributed by atoms with E-state index in [9.17, 15) is 4.79 Å². The van der Waals surface area contributed by atoms with Gasteiger partial charge in [0.2, 0.25) is 0 Å². The molecular weight excluding hydrogens is 264 g/mol. The van der Waals surface area contributed by atoms with Crippen LogP contribution in [0.2, 0.25) is 0 Å². The van der Waals surface area contributed by atoms with Gasteiger partial charge in [0, 0.05) is 37.6 Å². The molecule has 0 saturated carbocycles. The molecule has 0 aromatic carbocycles. The van der Waals surface area contributed by atoms with Gasteiger partial charge in [0.25, 0.3) is 5.91 Å². The largest absolute Gasteiger partial charge is 0.359 e. The van der Waals surface area contributed by atoms with Gasteiger partial charge in [0.05, 0.1) is 11.1 Å². The maximum absolute atomic E-state index is 12.9. The van der Waals surface area contributed by atoms with Crippen LogP contribution < -0.4 is 0 Å². The summed E-state index contributed by atoms with van der Waals surface area (Å²) in [6.07, 6.45) is 6.01. The Morgan fingerprint density at radius 1 is 1.43 bits per heavy atom. The summed E-state index contributed by atoms with van der Waals surface area (Å²) in [5.41, 5.74) is 2.40. The van der Waals surface area contributed by atoms with Gasteiger partial charge in [0.1, 0.15) is 5.52 Å². The van der Waals surface area contributed by atoms with Crippen LogP contribution in [0.3, 0.4) is 0 Å². The number of amides is 1. The van der Waals surface area contributed by atoms with Gasteiger partial charge in [0.15, 0.2) is 0 Å². The van der Waals surface area contributed by atoms with Gasteiger partial charge in [-0.2, -0.15) is 0 Å². The van der Waals surface area contributed by atoms with Crippen LogP contribution in [0.4, 0.5) is 0 Å². The summed E-state index contributed by atoms with van der Waals surface area (Å²) in [5.74, 6) is 0.110. The van der Waals surface area contributed by atoms with E-state index in [1.165, 1.54) is 19.4 Å². The minimum Gasteiger partial charge on any atom is -0.359 e. The van der Waals surface area contributed by atoms with E-state index >= 15 is 0 Å². The Balaban J connectivity index is 1.64. The number of carbonyl (C=O) groups is 1. The van der Waals surface area contributed by atoms with Crippen molar-refractivity contribution in [2.45, 2.75) is 31.8 Å². The molecule has 0 radical (unpaired) electrons. The molecule has 1 amide bonds. The zero-order chi connectivity index (χ0) is 14.4. The van der Waals surface area contributed by atoms with Crippen molar-refractivity contribution in [3.8, 4) is 0 Å². The lowest BCUT2D eigenvalue weighted by Gasteiger charge is -2.42. The standard InChI is InChI=1S/C16H20N4O/c1-11-9-19-7-3-4-12(19)10-20(11)16(21)13-8-18-14-5-2-6-17-15(13)14/h2,5-6,8,11-12,18H,3-4,7,9-10H2,1H3. The van der Waals surface area contributed by atoms with E-state index in [2.05, 4.69) is 21.8 Å². The van der Waals surface area contributed by atoms with Gasteiger partial charge in [-0.3, -0.25) is 14.7 Å². The van der Waals surface area contributed by atoms with Crippen LogP contribution >= 0.6 is 0 Å². The van der Waals surface area contributed by atoms with Crippen LogP contribution in [0.1, 0.15) is 30.1 Å². The molecule has 2 atom stereocenters. The smallest absolute Gasteiger partial charge is 0.257 e. The molecule has 2 aliphatic rings. The first-order chi connectivity index (χ1) is 10.2. The Morgan fingerprint density at radius 2 is 2.33 bits per heavy atom. The van der Waals surface area contributed by atoms with E-state index in [0.717, 1.165) is 24.1 Å². The fourth-order valence-electron chi connectivity index (χ4n) is 3.74. The second-order valence-electron chi connectivity index (χ2n) is 6.20. The number of rotatable bonds is 1. The van der Waals surface area contributed by atoms with Crippen molar-refractivity contribution in [2.75, 3.05) is 19.6 Å². The van der Waals surface area contributed by atoms with Crippen molar-refractivity contribution < 1.29 is 4.79 Å². The van der Waals surface area contributed by atoms with Gasteiger partial charge in [-0.1, -0.05) is 0 Å². The van der Waals surface area contributed by atoms with Crippen molar-refractivity contribution in [2.24, 2.45) is 0 Å². The van der Waals surface area contributed by atoms with Crippen LogP contribution in [-0.2, 0) is 0 Å². The van der Waals surface area contributed by atoms with E-state index in [-0.39, 0.29) is 11.9 Å². The third-order valence-electron chi connectivity index (χ3n) is 4.86. The highest BCUT2D eigenvalue weighted by molar-refractivity contribution is 6.05. The first-order valence-corrected chi connectivity index (χ1v) is 7.71. The number of aromatic amines is 1. The first kappa shape index (κ1) is 12.8. The van der Waals surface area contributed by atoms with E-state index in [4.69, 9.17) is 0 Å². The number of carbonyl (C=O) groups excluding carboxylic acids is 1. The molecule has 0 spiro atoms. The average Bonchev–Trinajstić information content (AvgIpc) is 3.11. The Kier molecular flexibility index (Phi) is 2.96. The molecule has 5 nitrogen and oxygen atoms in total. The summed E-state index contributed by atoms with van der Waals surface area (Å²) in [6, 6.07) is 4.65. The predicted molar refractivity (Wildman–Crippen MR) is 81.2 cm³/mol. The third kappa shape index (κ3) is 2.03. The van der Waals surface area contributed by atoms with Crippen molar-refractivity contribution in [1.82, 2.24) is 19.8 Å². The van der Waals surface area contributed by atoms with Gasteiger partial charge in [-0.15, -0.1) is 0 Å². The van der Waals surface area contributed by atoms with Crippen LogP contribution in [0.25, 0.3) is 11.0 Å². The number of nitrogens with one attached hydrogen (secondary N) is 1. The monoisotopic (exact) mass is 284 g/mol. The maximum Gasteiger partial charge on any atom is 0.257 e. The minimum absolute atomic E-state index is 0.110. The zero-order valence-corrected chi connectivity index (χ0v) is 12.2. The molecule has 21 heavy (non-hydrogen) atoms. The summed E-state index contributed by atoms with van der Waals surface area (Å²) in [5, 5.41) is 0. The number of aromatic nitrogens is 2. The number of hydrogen-bond acceptors (Lipinski definition) is 3. The normalized spacial score (nSPS) is 26.2. The quantitative estimate of drug-likeness (QED) is 0.870. The lowest BCUT2D eigenvalue weighted by atomic mass is 10.1. The zero-order valence-electron chi connectivity index (χ0n) is 12.2. The molecule has 2 aromatic rings. The first-order valence-electron chi connectivity index (χ1n) is 7.71. The number of nitrogens with zero attached hydrogens (tertiary/aromatic N) is 3. The van der Waals surface area contributed by atoms with Crippen molar-refractivity contribution in [1.29, 1.82) is 0 Å². The van der Waals surface area contributed by atoms with Crippen molar-refractivity contribution in [3.05, 3.63) is 30.1 Å². The molecule has 0 bridgehead atoms. The fraction of sp³-hybridized carbons (Fsp3) is 0.500. The highest BCUT2D eigenvalue weighted by Gasteiger charge is 2.37. The van der Waals surface area contributed by atoms with E-state index < -0.39 is 0 Å². The highest BCUT2D eigenvalue weighted by Crippen LogP contribution is 2.27. The van der Waals surface area contributed by atoms with Crippen LogP contribution in [0.5, 0.6) is 0 Å². The lowest BCUT2D eigenvalue weighted by Crippen LogP contribution is -2.56. The average molecular weight is 284 g/mol. The summed E-state index contributed by atoms with van der Waals surface area (Å²) >= 11 is 0. The minimum atomic E-state index is 0.110. The highest BCUT2D eigenvalue weighted by atomic mass is 16.2. The summed E-state index contributed by atoms with van der Waals surface area (Å²) in [6.45, 7) is 5.17. The Morgan fingerprint density at radius 3 is 3.24 bits per heavy atom. The van der Waals surface area contributed by atoms with Gasteiger partial charge < -0.3 is 9.88 Å². The lowest BCUT2D eigenvalue weighted by molar-refractivity contribution is 0.0397. The third-order valence-corrected chi connectivity index (χ3v) is 4.86. The topological polar surface area (TPSA) is 52.2 Å². The second kappa shape index (κ2) is 4.84. The molecule has 0 aliphatic carbocycles. The Bertz CT molecular complexity index is 680. The molecule has 2 aliphatic heterocycles. The predicted octanol–water partition coefficient (Wildman–Crippen LogP) is 1.87. The molecule has 2 aromatic heterocycles. The van der Waals surface area contributed by atoms with Crippen molar-refractivity contribution in [3.63, 3.8) is 0 Å².